The summed E-state index contributed by atoms with van der Waals surface area (Å²) in [5.41, 5.74) is 2.53. The molecule has 3 N–H and O–H groups in total. The molecule has 0 atom stereocenters. The number of rotatable bonds is 11. The lowest BCUT2D eigenvalue weighted by Crippen LogP contribution is -2.38. The predicted molar refractivity (Wildman–Crippen MR) is 110 cm³/mol. The monoisotopic (exact) mass is 359 g/mol. The molecule has 6 heteroatoms. The second kappa shape index (κ2) is 11.5. The van der Waals surface area contributed by atoms with Crippen molar-refractivity contribution in [2.24, 2.45) is 4.99 Å². The number of para-hydroxylation sites is 1. The Morgan fingerprint density at radius 2 is 2.08 bits per heavy atom. The molecule has 6 nitrogen and oxygen atoms in total. The highest BCUT2D eigenvalue weighted by Crippen LogP contribution is 2.17. The van der Waals surface area contributed by atoms with E-state index in [0.717, 1.165) is 58.1 Å². The van der Waals surface area contributed by atoms with Crippen LogP contribution in [0.25, 0.3) is 10.9 Å². The van der Waals surface area contributed by atoms with Gasteiger partial charge in [0.15, 0.2) is 5.96 Å². The number of hydrogen-bond donors (Lipinski definition) is 3. The topological polar surface area (TPSA) is 64.7 Å². The molecule has 144 valence electrons. The van der Waals surface area contributed by atoms with Crippen molar-refractivity contribution in [1.29, 1.82) is 0 Å². The van der Waals surface area contributed by atoms with Crippen LogP contribution in [0.3, 0.4) is 0 Å². The minimum absolute atomic E-state index is 0.776. The number of ether oxygens (including phenoxy) is 1. The number of methoxy groups -OCH3 is 1. The number of likely N-dealkylation sites (N-methyl/N-ethyl adjacent to an activating group) is 1. The van der Waals surface area contributed by atoms with E-state index in [9.17, 15) is 0 Å². The molecular formula is C20H33N5O. The van der Waals surface area contributed by atoms with Gasteiger partial charge >= 0.3 is 0 Å². The van der Waals surface area contributed by atoms with Crippen molar-refractivity contribution in [3.8, 4) is 0 Å². The highest BCUT2D eigenvalue weighted by atomic mass is 16.5. The Morgan fingerprint density at radius 3 is 2.88 bits per heavy atom. The number of aromatic amines is 1. The first kappa shape index (κ1) is 20.3. The fraction of sp³-hybridized carbons (Fsp3) is 0.550. The van der Waals surface area contributed by atoms with E-state index in [4.69, 9.17) is 4.74 Å². The zero-order valence-corrected chi connectivity index (χ0v) is 16.3. The number of H-pyrrole nitrogens is 1. The number of fused-ring (bicyclic) bond motifs is 1. The number of nitrogens with zero attached hydrogens (tertiary/aromatic N) is 2. The van der Waals surface area contributed by atoms with Crippen LogP contribution in [0, 0.1) is 0 Å². The van der Waals surface area contributed by atoms with Gasteiger partial charge in [0.1, 0.15) is 0 Å². The maximum atomic E-state index is 5.10. The number of guanidine groups is 1. The molecular weight excluding hydrogens is 326 g/mol. The predicted octanol–water partition coefficient (Wildman–Crippen LogP) is 2.23. The number of aliphatic imine (C=N–C) groups is 1. The van der Waals surface area contributed by atoms with Gasteiger partial charge in [-0.05, 0) is 45.0 Å². The zero-order chi connectivity index (χ0) is 18.6. The number of aromatic nitrogens is 1. The van der Waals surface area contributed by atoms with E-state index >= 15 is 0 Å². The van der Waals surface area contributed by atoms with Gasteiger partial charge in [0, 0.05) is 50.4 Å². The van der Waals surface area contributed by atoms with E-state index in [1.165, 1.54) is 16.5 Å². The summed E-state index contributed by atoms with van der Waals surface area (Å²) in [6.45, 7) is 7.41. The van der Waals surface area contributed by atoms with Crippen LogP contribution in [0.2, 0.25) is 0 Å². The molecule has 0 fully saturated rings. The van der Waals surface area contributed by atoms with Crippen molar-refractivity contribution in [2.45, 2.75) is 19.8 Å². The van der Waals surface area contributed by atoms with E-state index in [1.807, 2.05) is 0 Å². The average molecular weight is 360 g/mol. The second-order valence-corrected chi connectivity index (χ2v) is 6.45. The quantitative estimate of drug-likeness (QED) is 0.327. The van der Waals surface area contributed by atoms with Crippen molar-refractivity contribution in [1.82, 2.24) is 20.5 Å². The lowest BCUT2D eigenvalue weighted by molar-refractivity contribution is 0.161. The molecule has 1 heterocycles. The molecule has 0 aliphatic rings. The van der Waals surface area contributed by atoms with Gasteiger partial charge in [-0.25, -0.2) is 0 Å². The SMILES string of the molecule is CCNC(=NCCCN(C)CCOC)NCCc1c[nH]c2ccccc12. The lowest BCUT2D eigenvalue weighted by Gasteiger charge is -2.15. The Balaban J connectivity index is 1.74. The van der Waals surface area contributed by atoms with Gasteiger partial charge in [-0.15, -0.1) is 0 Å². The van der Waals surface area contributed by atoms with Gasteiger partial charge in [-0.1, -0.05) is 18.2 Å². The van der Waals surface area contributed by atoms with Crippen LogP contribution in [0.4, 0.5) is 0 Å². The third-order valence-corrected chi connectivity index (χ3v) is 4.35. The van der Waals surface area contributed by atoms with E-state index in [-0.39, 0.29) is 0 Å². The third kappa shape index (κ3) is 6.69. The van der Waals surface area contributed by atoms with Crippen molar-refractivity contribution < 1.29 is 4.74 Å². The van der Waals surface area contributed by atoms with E-state index in [1.54, 1.807) is 7.11 Å². The van der Waals surface area contributed by atoms with E-state index in [2.05, 4.69) is 69.9 Å². The molecule has 1 aromatic carbocycles. The van der Waals surface area contributed by atoms with Crippen molar-refractivity contribution in [2.75, 3.05) is 53.5 Å². The number of benzene rings is 1. The molecule has 2 aromatic rings. The van der Waals surface area contributed by atoms with Gasteiger partial charge in [-0.2, -0.15) is 0 Å². The third-order valence-electron chi connectivity index (χ3n) is 4.35. The van der Waals surface area contributed by atoms with Gasteiger partial charge < -0.3 is 25.3 Å². The minimum Gasteiger partial charge on any atom is -0.383 e. The highest BCUT2D eigenvalue weighted by molar-refractivity contribution is 5.83. The number of nitrogens with one attached hydrogen (secondary N) is 3. The molecule has 0 bridgehead atoms. The summed E-state index contributed by atoms with van der Waals surface area (Å²) in [7, 11) is 3.86. The van der Waals surface area contributed by atoms with Crippen molar-refractivity contribution in [3.63, 3.8) is 0 Å². The summed E-state index contributed by atoms with van der Waals surface area (Å²) in [5.74, 6) is 0.895. The lowest BCUT2D eigenvalue weighted by atomic mass is 10.1. The van der Waals surface area contributed by atoms with Crippen LogP contribution in [-0.2, 0) is 11.2 Å². The van der Waals surface area contributed by atoms with Gasteiger partial charge in [0.05, 0.1) is 6.61 Å². The van der Waals surface area contributed by atoms with E-state index in [0.29, 0.717) is 0 Å². The summed E-state index contributed by atoms with van der Waals surface area (Å²) in [6, 6.07) is 8.42. The molecule has 2 rings (SSSR count). The van der Waals surface area contributed by atoms with Crippen molar-refractivity contribution in [3.05, 3.63) is 36.0 Å². The molecule has 1 aromatic heterocycles. The first-order valence-electron chi connectivity index (χ1n) is 9.49. The molecule has 26 heavy (non-hydrogen) atoms. The van der Waals surface area contributed by atoms with Crippen molar-refractivity contribution >= 4 is 16.9 Å². The summed E-state index contributed by atoms with van der Waals surface area (Å²) in [4.78, 5) is 10.3. The summed E-state index contributed by atoms with van der Waals surface area (Å²) < 4.78 is 5.10. The standard InChI is InChI=1S/C20H33N5O/c1-4-21-20(22-11-7-13-25(2)14-15-26-3)23-12-10-17-16-24-19-9-6-5-8-18(17)19/h5-6,8-9,16,24H,4,7,10-15H2,1-3H3,(H2,21,22,23). The van der Waals surface area contributed by atoms with Gasteiger partial charge in [0.2, 0.25) is 0 Å². The Kier molecular flexibility index (Phi) is 9.00. The summed E-state index contributed by atoms with van der Waals surface area (Å²) in [6.07, 6.45) is 4.11. The number of hydrogen-bond acceptors (Lipinski definition) is 3. The van der Waals surface area contributed by atoms with Crippen LogP contribution in [-0.4, -0.2) is 69.3 Å². The fourth-order valence-electron chi connectivity index (χ4n) is 2.89. The van der Waals surface area contributed by atoms with Crippen LogP contribution in [0.15, 0.2) is 35.5 Å². The van der Waals surface area contributed by atoms with Crippen LogP contribution in [0.5, 0.6) is 0 Å². The molecule has 0 spiro atoms. The Labute approximate surface area is 157 Å². The largest absolute Gasteiger partial charge is 0.383 e. The maximum absolute atomic E-state index is 5.10. The molecule has 0 unspecified atom stereocenters. The Morgan fingerprint density at radius 1 is 1.23 bits per heavy atom. The normalized spacial score (nSPS) is 12.1. The van der Waals surface area contributed by atoms with Gasteiger partial charge in [-0.3, -0.25) is 4.99 Å². The maximum Gasteiger partial charge on any atom is 0.191 e. The molecule has 0 saturated carbocycles. The minimum atomic E-state index is 0.776. The molecule has 0 aliphatic heterocycles. The average Bonchev–Trinajstić information content (AvgIpc) is 3.06. The molecule has 0 aliphatic carbocycles. The molecule has 0 radical (unpaired) electrons. The zero-order valence-electron chi connectivity index (χ0n) is 16.3. The summed E-state index contributed by atoms with van der Waals surface area (Å²) in [5, 5.41) is 8.06. The van der Waals surface area contributed by atoms with Gasteiger partial charge in [0.25, 0.3) is 0 Å². The second-order valence-electron chi connectivity index (χ2n) is 6.45. The van der Waals surface area contributed by atoms with Crippen LogP contribution < -0.4 is 10.6 Å². The van der Waals surface area contributed by atoms with E-state index < -0.39 is 0 Å². The smallest absolute Gasteiger partial charge is 0.191 e. The Bertz CT molecular complexity index is 667. The summed E-state index contributed by atoms with van der Waals surface area (Å²) >= 11 is 0. The fourth-order valence-corrected chi connectivity index (χ4v) is 2.89. The molecule has 0 amide bonds. The first-order chi connectivity index (χ1) is 12.7. The first-order valence-corrected chi connectivity index (χ1v) is 9.49. The highest BCUT2D eigenvalue weighted by Gasteiger charge is 2.03. The van der Waals surface area contributed by atoms with Crippen LogP contribution >= 0.6 is 0 Å². The van der Waals surface area contributed by atoms with Crippen LogP contribution in [0.1, 0.15) is 18.9 Å². The molecule has 0 saturated heterocycles. The Hall–Kier alpha value is -2.05.